The van der Waals surface area contributed by atoms with E-state index in [1.807, 2.05) is 37.5 Å². The van der Waals surface area contributed by atoms with Crippen LogP contribution in [0.5, 0.6) is 0 Å². The molecule has 0 radical (unpaired) electrons. The minimum Gasteiger partial charge on any atom is -0.449 e. The molecule has 0 unspecified atom stereocenters. The van der Waals surface area contributed by atoms with Crippen molar-refractivity contribution in [3.8, 4) is 5.82 Å². The molecule has 1 saturated carbocycles. The number of carbonyl (C=O) groups is 2. The van der Waals surface area contributed by atoms with E-state index >= 15 is 0 Å². The molecule has 0 bridgehead atoms. The molecule has 7 heteroatoms. The molecule has 162 valence electrons. The molecule has 1 amide bonds. The van der Waals surface area contributed by atoms with Gasteiger partial charge in [-0.3, -0.25) is 9.36 Å². The number of aromatic nitrogens is 2. The van der Waals surface area contributed by atoms with Crippen LogP contribution in [0.1, 0.15) is 68.2 Å². The Balaban J connectivity index is 1.58. The standard InChI is InChI=1S/C23H31N3O4/c1-15-13-19(17(3)26(15)21-14-16(2)30-25-21)11-12-22(27)29-18(4)23(28)24-20-9-7-5-6-8-10-20/h11-14,18,20H,5-10H2,1-4H3,(H,24,28)/b12-11+/t18-/m1/s1. The van der Waals surface area contributed by atoms with E-state index in [1.165, 1.54) is 18.9 Å². The van der Waals surface area contributed by atoms with Crippen molar-refractivity contribution < 1.29 is 18.8 Å². The van der Waals surface area contributed by atoms with Crippen molar-refractivity contribution in [2.24, 2.45) is 0 Å². The lowest BCUT2D eigenvalue weighted by atomic mass is 10.1. The van der Waals surface area contributed by atoms with Crippen molar-refractivity contribution >= 4 is 18.0 Å². The van der Waals surface area contributed by atoms with Crippen LogP contribution in [-0.4, -0.2) is 33.7 Å². The quantitative estimate of drug-likeness (QED) is 0.436. The number of ether oxygens (including phenoxy) is 1. The Morgan fingerprint density at radius 3 is 2.53 bits per heavy atom. The van der Waals surface area contributed by atoms with E-state index < -0.39 is 12.1 Å². The van der Waals surface area contributed by atoms with Crippen LogP contribution in [0.2, 0.25) is 0 Å². The Morgan fingerprint density at radius 1 is 1.20 bits per heavy atom. The first kappa shape index (κ1) is 21.9. The van der Waals surface area contributed by atoms with Gasteiger partial charge < -0.3 is 14.6 Å². The minimum atomic E-state index is -0.823. The zero-order chi connectivity index (χ0) is 21.7. The highest BCUT2D eigenvalue weighted by molar-refractivity contribution is 5.90. The minimum absolute atomic E-state index is 0.183. The van der Waals surface area contributed by atoms with Crippen LogP contribution in [0.4, 0.5) is 0 Å². The van der Waals surface area contributed by atoms with E-state index in [0.717, 1.165) is 48.4 Å². The maximum Gasteiger partial charge on any atom is 0.331 e. The van der Waals surface area contributed by atoms with Gasteiger partial charge in [-0.2, -0.15) is 0 Å². The van der Waals surface area contributed by atoms with Gasteiger partial charge in [-0.25, -0.2) is 4.79 Å². The monoisotopic (exact) mass is 413 g/mol. The van der Waals surface area contributed by atoms with Gasteiger partial charge in [0.1, 0.15) is 5.76 Å². The molecular weight excluding hydrogens is 382 g/mol. The third-order valence-corrected chi connectivity index (χ3v) is 5.58. The smallest absolute Gasteiger partial charge is 0.331 e. The Bertz CT molecular complexity index is 917. The van der Waals surface area contributed by atoms with Crippen LogP contribution in [0.3, 0.4) is 0 Å². The molecule has 2 aromatic rings. The molecule has 1 aliphatic carbocycles. The number of hydrogen-bond donors (Lipinski definition) is 1. The second kappa shape index (κ2) is 9.78. The van der Waals surface area contributed by atoms with Crippen molar-refractivity contribution in [3.63, 3.8) is 0 Å². The van der Waals surface area contributed by atoms with Crippen LogP contribution >= 0.6 is 0 Å². The van der Waals surface area contributed by atoms with Gasteiger partial charge in [0.25, 0.3) is 5.91 Å². The molecule has 0 spiro atoms. The lowest BCUT2D eigenvalue weighted by Crippen LogP contribution is -2.41. The summed E-state index contributed by atoms with van der Waals surface area (Å²) in [5.74, 6) is 0.659. The van der Waals surface area contributed by atoms with Crippen LogP contribution in [0.25, 0.3) is 11.9 Å². The Hall–Kier alpha value is -2.83. The van der Waals surface area contributed by atoms with E-state index in [2.05, 4.69) is 10.5 Å². The number of aryl methyl sites for hydroxylation is 2. The predicted octanol–water partition coefficient (Wildman–Crippen LogP) is 4.17. The Labute approximate surface area is 177 Å². The largest absolute Gasteiger partial charge is 0.449 e. The maximum atomic E-state index is 12.4. The molecule has 1 atom stereocenters. The fourth-order valence-corrected chi connectivity index (χ4v) is 3.93. The highest BCUT2D eigenvalue weighted by Crippen LogP contribution is 2.22. The zero-order valence-electron chi connectivity index (χ0n) is 18.2. The first-order chi connectivity index (χ1) is 14.3. The van der Waals surface area contributed by atoms with Crippen molar-refractivity contribution in [1.82, 2.24) is 15.0 Å². The average molecular weight is 414 g/mol. The van der Waals surface area contributed by atoms with Gasteiger partial charge >= 0.3 is 5.97 Å². The summed E-state index contributed by atoms with van der Waals surface area (Å²) < 4.78 is 12.4. The van der Waals surface area contributed by atoms with Crippen LogP contribution in [0, 0.1) is 20.8 Å². The Kier molecular flexibility index (Phi) is 7.13. The highest BCUT2D eigenvalue weighted by atomic mass is 16.5. The SMILES string of the molecule is Cc1cc(-n2c(C)cc(/C=C/C(=O)O[C@H](C)C(=O)NC3CCCCCC3)c2C)no1. The molecule has 1 N–H and O–H groups in total. The molecule has 0 saturated heterocycles. The summed E-state index contributed by atoms with van der Waals surface area (Å²) in [6.07, 6.45) is 8.93. The average Bonchev–Trinajstić information content (AvgIpc) is 3.11. The van der Waals surface area contributed by atoms with Crippen molar-refractivity contribution in [2.75, 3.05) is 0 Å². The molecule has 1 aliphatic rings. The van der Waals surface area contributed by atoms with Gasteiger partial charge in [-0.15, -0.1) is 0 Å². The Morgan fingerprint density at radius 2 is 1.90 bits per heavy atom. The van der Waals surface area contributed by atoms with E-state index in [1.54, 1.807) is 13.0 Å². The van der Waals surface area contributed by atoms with Crippen molar-refractivity contribution in [3.05, 3.63) is 40.9 Å². The predicted molar refractivity (Wildman–Crippen MR) is 114 cm³/mol. The number of amides is 1. The van der Waals surface area contributed by atoms with E-state index in [0.29, 0.717) is 5.82 Å². The fourth-order valence-electron chi connectivity index (χ4n) is 3.93. The summed E-state index contributed by atoms with van der Waals surface area (Å²) in [4.78, 5) is 24.6. The highest BCUT2D eigenvalue weighted by Gasteiger charge is 2.21. The molecule has 0 aromatic carbocycles. The lowest BCUT2D eigenvalue weighted by Gasteiger charge is -2.19. The molecule has 0 aliphatic heterocycles. The molecule has 1 fully saturated rings. The third kappa shape index (κ3) is 5.40. The number of rotatable bonds is 6. The number of hydrogen-bond acceptors (Lipinski definition) is 5. The number of esters is 1. The fraction of sp³-hybridized carbons (Fsp3) is 0.522. The van der Waals surface area contributed by atoms with Gasteiger partial charge in [-0.1, -0.05) is 30.8 Å². The molecule has 7 nitrogen and oxygen atoms in total. The first-order valence-electron chi connectivity index (χ1n) is 10.7. The summed E-state index contributed by atoms with van der Waals surface area (Å²) in [6, 6.07) is 4.00. The molecule has 2 heterocycles. The second-order valence-electron chi connectivity index (χ2n) is 8.07. The van der Waals surface area contributed by atoms with Gasteiger partial charge in [0.05, 0.1) is 0 Å². The van der Waals surface area contributed by atoms with Gasteiger partial charge in [-0.05, 0) is 58.2 Å². The van der Waals surface area contributed by atoms with Gasteiger partial charge in [0.2, 0.25) is 0 Å². The molecule has 2 aromatic heterocycles. The number of nitrogens with one attached hydrogen (secondary N) is 1. The zero-order valence-corrected chi connectivity index (χ0v) is 18.2. The molecular formula is C23H31N3O4. The van der Waals surface area contributed by atoms with Crippen molar-refractivity contribution in [1.29, 1.82) is 0 Å². The summed E-state index contributed by atoms with van der Waals surface area (Å²) in [5, 5.41) is 7.07. The van der Waals surface area contributed by atoms with Crippen LogP contribution in [0.15, 0.2) is 22.7 Å². The molecule has 30 heavy (non-hydrogen) atoms. The normalized spacial score (nSPS) is 16.4. The van der Waals surface area contributed by atoms with Crippen LogP contribution in [-0.2, 0) is 14.3 Å². The summed E-state index contributed by atoms with van der Waals surface area (Å²) in [7, 11) is 0. The van der Waals surface area contributed by atoms with E-state index in [4.69, 9.17) is 9.26 Å². The third-order valence-electron chi connectivity index (χ3n) is 5.58. The topological polar surface area (TPSA) is 86.4 Å². The van der Waals surface area contributed by atoms with Crippen molar-refractivity contribution in [2.45, 2.75) is 78.4 Å². The number of carbonyl (C=O) groups excluding carboxylic acids is 2. The summed E-state index contributed by atoms with van der Waals surface area (Å²) >= 11 is 0. The van der Waals surface area contributed by atoms with Crippen LogP contribution < -0.4 is 5.32 Å². The van der Waals surface area contributed by atoms with E-state index in [9.17, 15) is 9.59 Å². The second-order valence-corrected chi connectivity index (χ2v) is 8.07. The summed E-state index contributed by atoms with van der Waals surface area (Å²) in [5.41, 5.74) is 2.79. The lowest BCUT2D eigenvalue weighted by molar-refractivity contribution is -0.150. The maximum absolute atomic E-state index is 12.4. The number of nitrogens with zero attached hydrogens (tertiary/aromatic N) is 2. The first-order valence-corrected chi connectivity index (χ1v) is 10.7. The summed E-state index contributed by atoms with van der Waals surface area (Å²) in [6.45, 7) is 7.36. The van der Waals surface area contributed by atoms with Gasteiger partial charge in [0, 0.05) is 29.6 Å². The van der Waals surface area contributed by atoms with Gasteiger partial charge in [0.15, 0.2) is 11.9 Å². The molecule has 3 rings (SSSR count). The van der Waals surface area contributed by atoms with E-state index in [-0.39, 0.29) is 11.9 Å².